The second-order valence-electron chi connectivity index (χ2n) is 4.37. The summed E-state index contributed by atoms with van der Waals surface area (Å²) in [6.45, 7) is 2.33. The molecule has 0 saturated heterocycles. The van der Waals surface area contributed by atoms with Gasteiger partial charge in [-0.15, -0.1) is 0 Å². The van der Waals surface area contributed by atoms with Gasteiger partial charge in [-0.2, -0.15) is 5.10 Å². The quantitative estimate of drug-likeness (QED) is 0.788. The number of ether oxygens (including phenoxy) is 2. The third-order valence-electron chi connectivity index (χ3n) is 2.74. The first-order chi connectivity index (χ1) is 9.69. The van der Waals surface area contributed by atoms with E-state index in [1.165, 1.54) is 5.56 Å². The lowest BCUT2D eigenvalue weighted by Gasteiger charge is -2.09. The molecule has 6 heteroatoms. The number of aromatic nitrogens is 2. The fraction of sp³-hybridized carbons (Fsp3) is 0.357. The van der Waals surface area contributed by atoms with Crippen LogP contribution in [0.2, 0.25) is 0 Å². The molecule has 0 spiro atoms. The summed E-state index contributed by atoms with van der Waals surface area (Å²) in [7, 11) is 3.56. The standard InChI is InChI=1S/C14H18BrN3O2/c1-18-10-13(9-17-18)20-12-4-3-11(14(15)7-12)8-16-5-6-19-2/h3-4,7,9-10,16H,5-6,8H2,1-2H3. The van der Waals surface area contributed by atoms with Crippen molar-refractivity contribution in [2.75, 3.05) is 20.3 Å². The summed E-state index contributed by atoms with van der Waals surface area (Å²) >= 11 is 3.56. The number of halogens is 1. The first-order valence-corrected chi connectivity index (χ1v) is 7.13. The van der Waals surface area contributed by atoms with Gasteiger partial charge >= 0.3 is 0 Å². The highest BCUT2D eigenvalue weighted by Crippen LogP contribution is 2.26. The van der Waals surface area contributed by atoms with Gasteiger partial charge in [0.1, 0.15) is 5.75 Å². The number of hydrogen-bond donors (Lipinski definition) is 1. The summed E-state index contributed by atoms with van der Waals surface area (Å²) in [4.78, 5) is 0. The van der Waals surface area contributed by atoms with Gasteiger partial charge in [0.15, 0.2) is 5.75 Å². The van der Waals surface area contributed by atoms with Crippen LogP contribution in [0.5, 0.6) is 11.5 Å². The predicted octanol–water partition coefficient (Wildman–Crippen LogP) is 2.71. The van der Waals surface area contributed by atoms with E-state index < -0.39 is 0 Å². The largest absolute Gasteiger partial charge is 0.454 e. The number of methoxy groups -OCH3 is 1. The van der Waals surface area contributed by atoms with Gasteiger partial charge in [-0.3, -0.25) is 4.68 Å². The van der Waals surface area contributed by atoms with Crippen molar-refractivity contribution in [3.63, 3.8) is 0 Å². The minimum absolute atomic E-state index is 0.708. The lowest BCUT2D eigenvalue weighted by Crippen LogP contribution is -2.18. The van der Waals surface area contributed by atoms with Crippen LogP contribution in [0.25, 0.3) is 0 Å². The molecule has 1 heterocycles. The molecule has 5 nitrogen and oxygen atoms in total. The molecule has 0 aliphatic heterocycles. The summed E-state index contributed by atoms with van der Waals surface area (Å²) in [5.41, 5.74) is 1.18. The van der Waals surface area contributed by atoms with E-state index in [1.54, 1.807) is 18.0 Å². The van der Waals surface area contributed by atoms with Gasteiger partial charge in [0.05, 0.1) is 19.0 Å². The number of hydrogen-bond acceptors (Lipinski definition) is 4. The van der Waals surface area contributed by atoms with Crippen LogP contribution in [0.4, 0.5) is 0 Å². The Bertz CT molecular complexity index is 557. The van der Waals surface area contributed by atoms with Crippen molar-refractivity contribution < 1.29 is 9.47 Å². The van der Waals surface area contributed by atoms with Gasteiger partial charge in [-0.05, 0) is 17.7 Å². The Balaban J connectivity index is 1.94. The highest BCUT2D eigenvalue weighted by molar-refractivity contribution is 9.10. The van der Waals surface area contributed by atoms with E-state index in [0.717, 1.165) is 29.1 Å². The third-order valence-corrected chi connectivity index (χ3v) is 3.48. The molecular formula is C14H18BrN3O2. The molecule has 1 aromatic carbocycles. The van der Waals surface area contributed by atoms with Crippen LogP contribution in [-0.2, 0) is 18.3 Å². The first-order valence-electron chi connectivity index (χ1n) is 6.33. The summed E-state index contributed by atoms with van der Waals surface area (Å²) in [6, 6.07) is 5.95. The lowest BCUT2D eigenvalue weighted by atomic mass is 10.2. The summed E-state index contributed by atoms with van der Waals surface area (Å²) < 4.78 is 13.4. The molecule has 108 valence electrons. The minimum Gasteiger partial charge on any atom is -0.454 e. The molecule has 1 N–H and O–H groups in total. The molecule has 2 rings (SSSR count). The minimum atomic E-state index is 0.708. The molecule has 0 aliphatic carbocycles. The Morgan fingerprint density at radius 1 is 1.35 bits per heavy atom. The predicted molar refractivity (Wildman–Crippen MR) is 81.0 cm³/mol. The van der Waals surface area contributed by atoms with Crippen LogP contribution in [-0.4, -0.2) is 30.0 Å². The fourth-order valence-electron chi connectivity index (χ4n) is 1.72. The van der Waals surface area contributed by atoms with Crippen LogP contribution in [0.15, 0.2) is 35.1 Å². The van der Waals surface area contributed by atoms with Crippen LogP contribution in [0, 0.1) is 0 Å². The Hall–Kier alpha value is -1.37. The molecule has 0 bridgehead atoms. The van der Waals surface area contributed by atoms with Gasteiger partial charge in [0.25, 0.3) is 0 Å². The second kappa shape index (κ2) is 7.42. The van der Waals surface area contributed by atoms with Gasteiger partial charge in [0, 0.05) is 31.7 Å². The SMILES string of the molecule is COCCNCc1ccc(Oc2cnn(C)c2)cc1Br. The maximum absolute atomic E-state index is 5.72. The summed E-state index contributed by atoms with van der Waals surface area (Å²) in [6.07, 6.45) is 3.52. The van der Waals surface area contributed by atoms with Crippen molar-refractivity contribution in [2.45, 2.75) is 6.54 Å². The topological polar surface area (TPSA) is 48.3 Å². The molecule has 0 aliphatic rings. The zero-order valence-corrected chi connectivity index (χ0v) is 13.2. The van der Waals surface area contributed by atoms with Crippen LogP contribution in [0.3, 0.4) is 0 Å². The lowest BCUT2D eigenvalue weighted by molar-refractivity contribution is 0.199. The van der Waals surface area contributed by atoms with Crippen molar-refractivity contribution in [3.05, 3.63) is 40.6 Å². The number of rotatable bonds is 7. The normalized spacial score (nSPS) is 10.8. The van der Waals surface area contributed by atoms with Crippen molar-refractivity contribution in [1.82, 2.24) is 15.1 Å². The van der Waals surface area contributed by atoms with E-state index in [1.807, 2.05) is 31.4 Å². The average molecular weight is 340 g/mol. The van der Waals surface area contributed by atoms with Crippen molar-refractivity contribution >= 4 is 15.9 Å². The molecule has 0 radical (unpaired) electrons. The second-order valence-corrected chi connectivity index (χ2v) is 5.23. The number of benzene rings is 1. The summed E-state index contributed by atoms with van der Waals surface area (Å²) in [5.74, 6) is 1.51. The molecular weight excluding hydrogens is 322 g/mol. The fourth-order valence-corrected chi connectivity index (χ4v) is 2.22. The molecule has 0 unspecified atom stereocenters. The monoisotopic (exact) mass is 339 g/mol. The third kappa shape index (κ3) is 4.33. The van der Waals surface area contributed by atoms with Gasteiger partial charge in [-0.1, -0.05) is 22.0 Å². The van der Waals surface area contributed by atoms with E-state index in [0.29, 0.717) is 6.61 Å². The number of nitrogens with zero attached hydrogens (tertiary/aromatic N) is 2. The highest BCUT2D eigenvalue weighted by atomic mass is 79.9. The van der Waals surface area contributed by atoms with Crippen LogP contribution < -0.4 is 10.1 Å². The van der Waals surface area contributed by atoms with Gasteiger partial charge in [0.2, 0.25) is 0 Å². The Labute approximate surface area is 127 Å². The molecule has 0 amide bonds. The maximum atomic E-state index is 5.72. The van der Waals surface area contributed by atoms with E-state index in [2.05, 4.69) is 26.3 Å². The molecule has 0 fully saturated rings. The van der Waals surface area contributed by atoms with Crippen LogP contribution in [0.1, 0.15) is 5.56 Å². The molecule has 2 aromatic rings. The first kappa shape index (κ1) is 15.0. The van der Waals surface area contributed by atoms with E-state index >= 15 is 0 Å². The highest BCUT2D eigenvalue weighted by Gasteiger charge is 2.04. The van der Waals surface area contributed by atoms with E-state index in [-0.39, 0.29) is 0 Å². The molecule has 20 heavy (non-hydrogen) atoms. The van der Waals surface area contributed by atoms with Crippen molar-refractivity contribution in [1.29, 1.82) is 0 Å². The summed E-state index contributed by atoms with van der Waals surface area (Å²) in [5, 5.41) is 7.38. The van der Waals surface area contributed by atoms with Crippen LogP contribution >= 0.6 is 15.9 Å². The van der Waals surface area contributed by atoms with E-state index in [9.17, 15) is 0 Å². The average Bonchev–Trinajstić information content (AvgIpc) is 2.82. The van der Waals surface area contributed by atoms with Crippen molar-refractivity contribution in [3.8, 4) is 11.5 Å². The van der Waals surface area contributed by atoms with Gasteiger partial charge < -0.3 is 14.8 Å². The number of nitrogens with one attached hydrogen (secondary N) is 1. The molecule has 0 saturated carbocycles. The number of aryl methyl sites for hydroxylation is 1. The maximum Gasteiger partial charge on any atom is 0.165 e. The Morgan fingerprint density at radius 2 is 2.20 bits per heavy atom. The molecule has 1 aromatic heterocycles. The zero-order valence-electron chi connectivity index (χ0n) is 11.6. The zero-order chi connectivity index (χ0) is 14.4. The van der Waals surface area contributed by atoms with E-state index in [4.69, 9.17) is 9.47 Å². The Morgan fingerprint density at radius 3 is 2.85 bits per heavy atom. The Kier molecular flexibility index (Phi) is 5.58. The van der Waals surface area contributed by atoms with Crippen molar-refractivity contribution in [2.24, 2.45) is 7.05 Å². The smallest absolute Gasteiger partial charge is 0.165 e. The molecule has 0 atom stereocenters. The van der Waals surface area contributed by atoms with Gasteiger partial charge in [-0.25, -0.2) is 0 Å².